The Morgan fingerprint density at radius 1 is 1.56 bits per heavy atom. The fourth-order valence-electron chi connectivity index (χ4n) is 2.42. The van der Waals surface area contributed by atoms with Crippen molar-refractivity contribution in [3.05, 3.63) is 28.5 Å². The molecule has 1 aliphatic rings. The van der Waals surface area contributed by atoms with E-state index in [1.807, 2.05) is 6.20 Å². The SMILES string of the molecule is CC1(C)CN(Cc2cncc(Br)c2)CC(CCl)O1. The van der Waals surface area contributed by atoms with Crippen LogP contribution < -0.4 is 0 Å². The molecule has 0 saturated carbocycles. The Hall–Kier alpha value is -0.160. The van der Waals surface area contributed by atoms with E-state index in [0.717, 1.165) is 24.1 Å². The highest BCUT2D eigenvalue weighted by molar-refractivity contribution is 9.10. The molecule has 0 N–H and O–H groups in total. The van der Waals surface area contributed by atoms with E-state index in [1.165, 1.54) is 5.56 Å². The third-order valence-electron chi connectivity index (χ3n) is 2.89. The van der Waals surface area contributed by atoms with Crippen LogP contribution in [0.1, 0.15) is 19.4 Å². The summed E-state index contributed by atoms with van der Waals surface area (Å²) in [4.78, 5) is 6.57. The first-order valence-corrected chi connectivity index (χ1v) is 7.37. The van der Waals surface area contributed by atoms with Crippen LogP contribution in [0.15, 0.2) is 22.9 Å². The van der Waals surface area contributed by atoms with Crippen molar-refractivity contribution >= 4 is 27.5 Å². The predicted molar refractivity (Wildman–Crippen MR) is 76.9 cm³/mol. The normalized spacial score (nSPS) is 24.1. The monoisotopic (exact) mass is 332 g/mol. The largest absolute Gasteiger partial charge is 0.368 e. The molecule has 2 rings (SSSR count). The second-order valence-electron chi connectivity index (χ2n) is 5.33. The van der Waals surface area contributed by atoms with Crippen LogP contribution in [0.25, 0.3) is 0 Å². The molecule has 1 aromatic rings. The van der Waals surface area contributed by atoms with Gasteiger partial charge in [-0.05, 0) is 41.4 Å². The molecule has 1 fully saturated rings. The molecule has 0 aromatic carbocycles. The molecular weight excluding hydrogens is 316 g/mol. The van der Waals surface area contributed by atoms with Crippen molar-refractivity contribution in [1.82, 2.24) is 9.88 Å². The molecule has 3 nitrogen and oxygen atoms in total. The Balaban J connectivity index is 2.04. The van der Waals surface area contributed by atoms with Crippen molar-refractivity contribution in [2.75, 3.05) is 19.0 Å². The fourth-order valence-corrected chi connectivity index (χ4v) is 2.99. The standard InChI is InChI=1S/C13H18BrClN2O/c1-13(2)9-17(8-12(4-15)18-13)7-10-3-11(14)6-16-5-10/h3,5-6,12H,4,7-9H2,1-2H3. The Kier molecular flexibility index (Phi) is 4.64. The molecular formula is C13H18BrClN2O. The van der Waals surface area contributed by atoms with Gasteiger partial charge in [-0.25, -0.2) is 0 Å². The summed E-state index contributed by atoms with van der Waals surface area (Å²) >= 11 is 9.38. The summed E-state index contributed by atoms with van der Waals surface area (Å²) in [7, 11) is 0. The number of rotatable bonds is 3. The summed E-state index contributed by atoms with van der Waals surface area (Å²) in [5.74, 6) is 0.538. The molecule has 5 heteroatoms. The molecule has 0 bridgehead atoms. The van der Waals surface area contributed by atoms with Gasteiger partial charge in [0.25, 0.3) is 0 Å². The highest BCUT2D eigenvalue weighted by atomic mass is 79.9. The first kappa shape index (κ1) is 14.3. The first-order chi connectivity index (χ1) is 8.48. The Labute approximate surface area is 122 Å². The van der Waals surface area contributed by atoms with Crippen LogP contribution in [0.3, 0.4) is 0 Å². The molecule has 1 aliphatic heterocycles. The number of halogens is 2. The number of pyridine rings is 1. The molecule has 0 amide bonds. The lowest BCUT2D eigenvalue weighted by Gasteiger charge is -2.42. The predicted octanol–water partition coefficient (Wildman–Crippen LogP) is 3.06. The second-order valence-corrected chi connectivity index (χ2v) is 6.56. The zero-order valence-corrected chi connectivity index (χ0v) is 13.0. The van der Waals surface area contributed by atoms with Crippen LogP contribution in [-0.4, -0.2) is 40.6 Å². The van der Waals surface area contributed by atoms with Gasteiger partial charge in [-0.2, -0.15) is 0 Å². The van der Waals surface area contributed by atoms with Gasteiger partial charge < -0.3 is 4.74 Å². The topological polar surface area (TPSA) is 25.4 Å². The summed E-state index contributed by atoms with van der Waals surface area (Å²) in [5.41, 5.74) is 1.06. The van der Waals surface area contributed by atoms with Crippen LogP contribution in [0.2, 0.25) is 0 Å². The lowest BCUT2D eigenvalue weighted by molar-refractivity contribution is -0.129. The van der Waals surface area contributed by atoms with E-state index in [2.05, 4.69) is 45.7 Å². The van der Waals surface area contributed by atoms with Gasteiger partial charge in [-0.3, -0.25) is 9.88 Å². The van der Waals surface area contributed by atoms with Crippen molar-refractivity contribution in [2.45, 2.75) is 32.1 Å². The van der Waals surface area contributed by atoms with E-state index in [4.69, 9.17) is 16.3 Å². The highest BCUT2D eigenvalue weighted by Gasteiger charge is 2.32. The van der Waals surface area contributed by atoms with Crippen LogP contribution in [0, 0.1) is 0 Å². The van der Waals surface area contributed by atoms with Gasteiger partial charge in [0, 0.05) is 42.4 Å². The molecule has 0 radical (unpaired) electrons. The van der Waals surface area contributed by atoms with Crippen LogP contribution in [-0.2, 0) is 11.3 Å². The number of alkyl halides is 1. The number of hydrogen-bond donors (Lipinski definition) is 0. The number of nitrogens with zero attached hydrogens (tertiary/aromatic N) is 2. The van der Waals surface area contributed by atoms with E-state index >= 15 is 0 Å². The Bertz CT molecular complexity index is 414. The van der Waals surface area contributed by atoms with Gasteiger partial charge in [-0.15, -0.1) is 11.6 Å². The quantitative estimate of drug-likeness (QED) is 0.795. The zero-order chi connectivity index (χ0) is 13.2. The van der Waals surface area contributed by atoms with Crippen molar-refractivity contribution in [2.24, 2.45) is 0 Å². The fraction of sp³-hybridized carbons (Fsp3) is 0.615. The number of aromatic nitrogens is 1. The summed E-state index contributed by atoms with van der Waals surface area (Å²) in [6, 6.07) is 2.10. The molecule has 1 aromatic heterocycles. The minimum atomic E-state index is -0.142. The van der Waals surface area contributed by atoms with E-state index in [9.17, 15) is 0 Å². The van der Waals surface area contributed by atoms with E-state index in [0.29, 0.717) is 5.88 Å². The smallest absolute Gasteiger partial charge is 0.0845 e. The van der Waals surface area contributed by atoms with Gasteiger partial charge in [0.2, 0.25) is 0 Å². The molecule has 0 aliphatic carbocycles. The third-order valence-corrected chi connectivity index (χ3v) is 3.67. The lowest BCUT2D eigenvalue weighted by atomic mass is 10.0. The van der Waals surface area contributed by atoms with E-state index in [-0.39, 0.29) is 11.7 Å². The van der Waals surface area contributed by atoms with Gasteiger partial charge >= 0.3 is 0 Å². The van der Waals surface area contributed by atoms with Crippen molar-refractivity contribution in [3.63, 3.8) is 0 Å². The summed E-state index contributed by atoms with van der Waals surface area (Å²) in [6.45, 7) is 6.88. The number of morpholine rings is 1. The number of ether oxygens (including phenoxy) is 1. The first-order valence-electron chi connectivity index (χ1n) is 6.04. The minimum absolute atomic E-state index is 0.107. The molecule has 100 valence electrons. The van der Waals surface area contributed by atoms with Crippen LogP contribution >= 0.6 is 27.5 Å². The molecule has 1 atom stereocenters. The third kappa shape index (κ3) is 3.92. The Morgan fingerprint density at radius 2 is 2.33 bits per heavy atom. The van der Waals surface area contributed by atoms with E-state index in [1.54, 1.807) is 6.20 Å². The van der Waals surface area contributed by atoms with Gasteiger partial charge in [0.05, 0.1) is 11.7 Å². The average Bonchev–Trinajstić information content (AvgIpc) is 2.26. The van der Waals surface area contributed by atoms with Crippen LogP contribution in [0.5, 0.6) is 0 Å². The Morgan fingerprint density at radius 3 is 3.00 bits per heavy atom. The molecule has 2 heterocycles. The maximum atomic E-state index is 5.93. The second kappa shape index (κ2) is 5.87. The summed E-state index contributed by atoms with van der Waals surface area (Å²) in [6.07, 6.45) is 3.81. The number of hydrogen-bond acceptors (Lipinski definition) is 3. The highest BCUT2D eigenvalue weighted by Crippen LogP contribution is 2.23. The zero-order valence-electron chi connectivity index (χ0n) is 10.7. The maximum absolute atomic E-state index is 5.93. The molecule has 1 saturated heterocycles. The molecule has 18 heavy (non-hydrogen) atoms. The minimum Gasteiger partial charge on any atom is -0.368 e. The maximum Gasteiger partial charge on any atom is 0.0845 e. The average molecular weight is 334 g/mol. The van der Waals surface area contributed by atoms with Crippen molar-refractivity contribution < 1.29 is 4.74 Å². The van der Waals surface area contributed by atoms with Crippen molar-refractivity contribution in [1.29, 1.82) is 0 Å². The van der Waals surface area contributed by atoms with Gasteiger partial charge in [0.1, 0.15) is 0 Å². The summed E-state index contributed by atoms with van der Waals surface area (Å²) in [5, 5.41) is 0. The van der Waals surface area contributed by atoms with Gasteiger partial charge in [-0.1, -0.05) is 0 Å². The lowest BCUT2D eigenvalue weighted by Crippen LogP contribution is -2.52. The molecule has 1 unspecified atom stereocenters. The summed E-state index contributed by atoms with van der Waals surface area (Å²) < 4.78 is 6.93. The molecule has 0 spiro atoms. The van der Waals surface area contributed by atoms with Crippen molar-refractivity contribution in [3.8, 4) is 0 Å². The van der Waals surface area contributed by atoms with Gasteiger partial charge in [0.15, 0.2) is 0 Å². The van der Waals surface area contributed by atoms with Crippen LogP contribution in [0.4, 0.5) is 0 Å². The van der Waals surface area contributed by atoms with E-state index < -0.39 is 0 Å².